The number of carbonyl (C=O) groups excluding carboxylic acids is 1. The highest BCUT2D eigenvalue weighted by Gasteiger charge is 2.12. The Bertz CT molecular complexity index is 617. The van der Waals surface area contributed by atoms with Crippen molar-refractivity contribution in [2.75, 3.05) is 12.3 Å². The van der Waals surface area contributed by atoms with Gasteiger partial charge in [0, 0.05) is 12.3 Å². The predicted octanol–water partition coefficient (Wildman–Crippen LogP) is 1.91. The molecule has 0 unspecified atom stereocenters. The molecule has 0 saturated carbocycles. The molecule has 5 nitrogen and oxygen atoms in total. The molecule has 0 fully saturated rings. The Balaban J connectivity index is 1.82. The molecule has 0 aliphatic carbocycles. The average molecular weight is 298 g/mol. The maximum Gasteiger partial charge on any atom is 0.254 e. The van der Waals surface area contributed by atoms with Crippen molar-refractivity contribution in [2.24, 2.45) is 0 Å². The largest absolute Gasteiger partial charge is 0.351 e. The molecule has 0 bridgehead atoms. The first kappa shape index (κ1) is 14.4. The second kappa shape index (κ2) is 6.47. The van der Waals surface area contributed by atoms with Crippen LogP contribution in [0.2, 0.25) is 0 Å². The molecule has 106 valence electrons. The minimum Gasteiger partial charge on any atom is -0.351 e. The number of benzene rings is 1. The van der Waals surface area contributed by atoms with E-state index < -0.39 is 17.5 Å². The third-order valence-electron chi connectivity index (χ3n) is 2.37. The molecule has 0 saturated heterocycles. The first-order valence-corrected chi connectivity index (χ1v) is 6.80. The molecule has 0 aliphatic rings. The fourth-order valence-corrected chi connectivity index (χ4v) is 2.16. The van der Waals surface area contributed by atoms with Crippen molar-refractivity contribution in [3.63, 3.8) is 0 Å². The number of H-pyrrole nitrogens is 1. The fourth-order valence-electron chi connectivity index (χ4n) is 1.46. The van der Waals surface area contributed by atoms with E-state index in [-0.39, 0.29) is 5.56 Å². The zero-order valence-corrected chi connectivity index (χ0v) is 11.4. The van der Waals surface area contributed by atoms with Gasteiger partial charge in [-0.25, -0.2) is 13.8 Å². The number of hydrogen-bond acceptors (Lipinski definition) is 4. The van der Waals surface area contributed by atoms with Crippen LogP contribution in [0.1, 0.15) is 16.2 Å². The van der Waals surface area contributed by atoms with E-state index in [0.717, 1.165) is 18.2 Å². The molecule has 0 aliphatic heterocycles. The first-order chi connectivity index (χ1) is 9.56. The van der Waals surface area contributed by atoms with E-state index in [0.29, 0.717) is 23.3 Å². The monoisotopic (exact) mass is 298 g/mol. The molecule has 0 atom stereocenters. The molecule has 2 N–H and O–H groups in total. The Morgan fingerprint density at radius 2 is 2.25 bits per heavy atom. The van der Waals surface area contributed by atoms with Crippen molar-refractivity contribution >= 4 is 17.7 Å². The number of nitrogens with zero attached hydrogens (tertiary/aromatic N) is 2. The Morgan fingerprint density at radius 1 is 1.45 bits per heavy atom. The predicted molar refractivity (Wildman–Crippen MR) is 70.5 cm³/mol. The number of thioether (sulfide) groups is 1. The van der Waals surface area contributed by atoms with Gasteiger partial charge in [0.2, 0.25) is 5.16 Å². The van der Waals surface area contributed by atoms with Crippen LogP contribution in [0.3, 0.4) is 0 Å². The second-order valence-corrected chi connectivity index (χ2v) is 4.99. The van der Waals surface area contributed by atoms with Crippen LogP contribution in [-0.4, -0.2) is 33.4 Å². The van der Waals surface area contributed by atoms with Crippen molar-refractivity contribution in [1.82, 2.24) is 20.5 Å². The van der Waals surface area contributed by atoms with Crippen LogP contribution in [0.4, 0.5) is 8.78 Å². The minimum atomic E-state index is -0.749. The van der Waals surface area contributed by atoms with E-state index in [4.69, 9.17) is 0 Å². The summed E-state index contributed by atoms with van der Waals surface area (Å²) in [7, 11) is 0. The lowest BCUT2D eigenvalue weighted by Crippen LogP contribution is -2.26. The first-order valence-electron chi connectivity index (χ1n) is 5.81. The molecule has 2 aromatic rings. The van der Waals surface area contributed by atoms with Gasteiger partial charge in [0.1, 0.15) is 17.5 Å². The van der Waals surface area contributed by atoms with Gasteiger partial charge >= 0.3 is 0 Å². The highest BCUT2D eigenvalue weighted by Crippen LogP contribution is 2.12. The summed E-state index contributed by atoms with van der Waals surface area (Å²) >= 11 is 1.35. The zero-order chi connectivity index (χ0) is 14.5. The molecule has 20 heavy (non-hydrogen) atoms. The van der Waals surface area contributed by atoms with E-state index in [1.165, 1.54) is 11.8 Å². The molecule has 1 aromatic carbocycles. The third kappa shape index (κ3) is 3.77. The number of nitrogens with one attached hydrogen (secondary N) is 2. The number of aromatic nitrogens is 3. The van der Waals surface area contributed by atoms with Crippen LogP contribution in [0.15, 0.2) is 23.4 Å². The van der Waals surface area contributed by atoms with Crippen molar-refractivity contribution in [1.29, 1.82) is 0 Å². The molecular formula is C12H12F2N4OS. The molecule has 1 aromatic heterocycles. The lowest BCUT2D eigenvalue weighted by Gasteiger charge is -2.05. The molecule has 1 heterocycles. The van der Waals surface area contributed by atoms with Crippen molar-refractivity contribution in [2.45, 2.75) is 12.1 Å². The van der Waals surface area contributed by atoms with Crippen molar-refractivity contribution in [3.8, 4) is 0 Å². The molecule has 0 radical (unpaired) electrons. The quantitative estimate of drug-likeness (QED) is 0.653. The van der Waals surface area contributed by atoms with Gasteiger partial charge in [-0.15, -0.1) is 5.10 Å². The summed E-state index contributed by atoms with van der Waals surface area (Å²) in [5.41, 5.74) is -0.302. The Hall–Kier alpha value is -1.96. The summed E-state index contributed by atoms with van der Waals surface area (Å²) in [6, 6.07) is 2.76. The van der Waals surface area contributed by atoms with Gasteiger partial charge < -0.3 is 5.32 Å². The molecule has 8 heteroatoms. The number of carbonyl (C=O) groups is 1. The standard InChI is InChI=1S/C12H12F2N4OS/c1-7-16-12(18-17-7)20-5-4-15-11(19)9-6-8(13)2-3-10(9)14/h2-3,6H,4-5H2,1H3,(H,15,19)(H,16,17,18). The smallest absolute Gasteiger partial charge is 0.254 e. The van der Waals surface area contributed by atoms with Gasteiger partial charge in [-0.2, -0.15) is 0 Å². The van der Waals surface area contributed by atoms with Crippen LogP contribution in [0, 0.1) is 18.6 Å². The summed E-state index contributed by atoms with van der Waals surface area (Å²) in [6.45, 7) is 2.08. The van der Waals surface area contributed by atoms with E-state index >= 15 is 0 Å². The van der Waals surface area contributed by atoms with Gasteiger partial charge in [0.25, 0.3) is 5.91 Å². The van der Waals surface area contributed by atoms with Crippen LogP contribution in [0.5, 0.6) is 0 Å². The highest BCUT2D eigenvalue weighted by atomic mass is 32.2. The number of aromatic amines is 1. The average Bonchev–Trinajstić information content (AvgIpc) is 2.83. The van der Waals surface area contributed by atoms with Gasteiger partial charge in [-0.1, -0.05) is 11.8 Å². The van der Waals surface area contributed by atoms with Gasteiger partial charge in [0.05, 0.1) is 5.56 Å². The summed E-state index contributed by atoms with van der Waals surface area (Å²) in [5, 5.41) is 9.71. The van der Waals surface area contributed by atoms with E-state index in [1.54, 1.807) is 6.92 Å². The summed E-state index contributed by atoms with van der Waals surface area (Å²) in [5.74, 6) is -0.810. The number of amides is 1. The van der Waals surface area contributed by atoms with Gasteiger partial charge in [0.15, 0.2) is 0 Å². The van der Waals surface area contributed by atoms with Crippen LogP contribution >= 0.6 is 11.8 Å². The number of rotatable bonds is 5. The fraction of sp³-hybridized carbons (Fsp3) is 0.250. The lowest BCUT2D eigenvalue weighted by atomic mass is 10.2. The molecule has 0 spiro atoms. The van der Waals surface area contributed by atoms with E-state index in [2.05, 4.69) is 20.5 Å². The van der Waals surface area contributed by atoms with Crippen LogP contribution in [-0.2, 0) is 0 Å². The maximum atomic E-state index is 13.3. The van der Waals surface area contributed by atoms with Crippen molar-refractivity contribution in [3.05, 3.63) is 41.2 Å². The van der Waals surface area contributed by atoms with Crippen molar-refractivity contribution < 1.29 is 13.6 Å². The molecular weight excluding hydrogens is 286 g/mol. The lowest BCUT2D eigenvalue weighted by molar-refractivity contribution is 0.0951. The Morgan fingerprint density at radius 3 is 2.95 bits per heavy atom. The number of halogens is 2. The Kier molecular flexibility index (Phi) is 4.67. The van der Waals surface area contributed by atoms with E-state index in [1.807, 2.05) is 0 Å². The Labute approximate surface area is 118 Å². The maximum absolute atomic E-state index is 13.3. The highest BCUT2D eigenvalue weighted by molar-refractivity contribution is 7.99. The summed E-state index contributed by atoms with van der Waals surface area (Å²) in [4.78, 5) is 15.8. The topological polar surface area (TPSA) is 70.7 Å². The minimum absolute atomic E-state index is 0.299. The van der Waals surface area contributed by atoms with Gasteiger partial charge in [-0.05, 0) is 25.1 Å². The SMILES string of the molecule is Cc1nc(SCCNC(=O)c2cc(F)ccc2F)n[nH]1. The van der Waals surface area contributed by atoms with Crippen LogP contribution < -0.4 is 5.32 Å². The van der Waals surface area contributed by atoms with Crippen LogP contribution in [0.25, 0.3) is 0 Å². The zero-order valence-electron chi connectivity index (χ0n) is 10.6. The third-order valence-corrected chi connectivity index (χ3v) is 3.22. The summed E-state index contributed by atoms with van der Waals surface area (Å²) < 4.78 is 26.3. The summed E-state index contributed by atoms with van der Waals surface area (Å²) in [6.07, 6.45) is 0. The molecule has 1 amide bonds. The molecule has 2 rings (SSSR count). The second-order valence-electron chi connectivity index (χ2n) is 3.93. The van der Waals surface area contributed by atoms with Gasteiger partial charge in [-0.3, -0.25) is 9.89 Å². The van der Waals surface area contributed by atoms with E-state index in [9.17, 15) is 13.6 Å². The number of hydrogen-bond donors (Lipinski definition) is 2. The normalized spacial score (nSPS) is 10.6. The number of aryl methyl sites for hydroxylation is 1.